The van der Waals surface area contributed by atoms with Crippen molar-refractivity contribution in [2.45, 2.75) is 0 Å². The summed E-state index contributed by atoms with van der Waals surface area (Å²) in [6.45, 7) is 4.02. The minimum atomic E-state index is -0.120. The lowest BCUT2D eigenvalue weighted by Crippen LogP contribution is -1.27. The molecule has 0 N–H and O–H groups in total. The zero-order valence-corrected chi connectivity index (χ0v) is 3.92. The SMILES string of the molecule is C#P(C)C. The Morgan fingerprint density at radius 2 is 1.50 bits per heavy atom. The molecular weight excluding hydrogens is 67.0 g/mol. The van der Waals surface area contributed by atoms with Crippen LogP contribution in [0.5, 0.6) is 0 Å². The van der Waals surface area contributed by atoms with E-state index in [0.29, 0.717) is 0 Å². The van der Waals surface area contributed by atoms with Gasteiger partial charge in [-0.05, 0) is 13.3 Å². The summed E-state index contributed by atoms with van der Waals surface area (Å²) in [7, 11) is -0.120. The molecule has 0 bridgehead atoms. The monoisotopic (exact) mass is 74.0 g/mol. The van der Waals surface area contributed by atoms with E-state index in [1.165, 1.54) is 0 Å². The van der Waals surface area contributed by atoms with E-state index in [1.807, 2.05) is 13.3 Å². The molecule has 0 unspecified atom stereocenters. The van der Waals surface area contributed by atoms with Gasteiger partial charge >= 0.3 is 0 Å². The van der Waals surface area contributed by atoms with Crippen LogP contribution in [-0.2, 0) is 0 Å². The highest BCUT2D eigenvalue weighted by molar-refractivity contribution is 7.44. The molecule has 0 fully saturated rings. The molecule has 0 radical (unpaired) electrons. The fourth-order valence-corrected chi connectivity index (χ4v) is 0. The first kappa shape index (κ1) is 4.08. The van der Waals surface area contributed by atoms with Gasteiger partial charge in [-0.3, -0.25) is 0 Å². The van der Waals surface area contributed by atoms with E-state index in [9.17, 15) is 0 Å². The highest BCUT2D eigenvalue weighted by Crippen LogP contribution is 1.96. The normalized spacial score (nSPS) is 6.25. The average Bonchev–Trinajstić information content (AvgIpc) is 0.811. The summed E-state index contributed by atoms with van der Waals surface area (Å²) < 4.78 is 0. The van der Waals surface area contributed by atoms with Crippen LogP contribution in [0.3, 0.4) is 0 Å². The second kappa shape index (κ2) is 1.40. The van der Waals surface area contributed by atoms with E-state index in [-0.39, 0.29) is 7.38 Å². The predicted molar refractivity (Wildman–Crippen MR) is 23.7 cm³/mol. The van der Waals surface area contributed by atoms with E-state index in [1.54, 1.807) is 0 Å². The Bertz CT molecular complexity index is 49.4. The second-order valence-electron chi connectivity index (χ2n) is 0.964. The summed E-state index contributed by atoms with van der Waals surface area (Å²) in [6.07, 6.45) is 5.18. The molecule has 0 atom stereocenters. The average molecular weight is 74.1 g/mol. The minimum absolute atomic E-state index is 0.120. The Morgan fingerprint density at radius 3 is 1.50 bits per heavy atom. The van der Waals surface area contributed by atoms with Crippen LogP contribution >= 0.6 is 7.38 Å². The molecule has 0 aliphatic carbocycles. The van der Waals surface area contributed by atoms with Crippen molar-refractivity contribution in [3.8, 4) is 6.13 Å². The summed E-state index contributed by atoms with van der Waals surface area (Å²) in [4.78, 5) is 0. The van der Waals surface area contributed by atoms with Gasteiger partial charge in [0.25, 0.3) is 0 Å². The fourth-order valence-electron chi connectivity index (χ4n) is 0. The van der Waals surface area contributed by atoms with Crippen LogP contribution in [-0.4, -0.2) is 13.3 Å². The third-order valence-electron chi connectivity index (χ3n) is 0. The van der Waals surface area contributed by atoms with Crippen molar-refractivity contribution >= 4 is 7.38 Å². The van der Waals surface area contributed by atoms with E-state index in [4.69, 9.17) is 6.13 Å². The van der Waals surface area contributed by atoms with Crippen LogP contribution < -0.4 is 0 Å². The van der Waals surface area contributed by atoms with Crippen molar-refractivity contribution in [3.63, 3.8) is 0 Å². The first-order chi connectivity index (χ1) is 1.73. The van der Waals surface area contributed by atoms with Crippen molar-refractivity contribution in [1.82, 2.24) is 0 Å². The topological polar surface area (TPSA) is 0 Å². The minimum Gasteiger partial charge on any atom is -0.148 e. The Labute approximate surface area is 27.9 Å². The first-order valence-electron chi connectivity index (χ1n) is 1.15. The van der Waals surface area contributed by atoms with E-state index >= 15 is 0 Å². The van der Waals surface area contributed by atoms with Gasteiger partial charge < -0.3 is 0 Å². The molecule has 0 aliphatic heterocycles. The molecule has 0 amide bonds. The van der Waals surface area contributed by atoms with Crippen LogP contribution in [0.1, 0.15) is 0 Å². The molecule has 0 aromatic carbocycles. The Hall–Kier alpha value is 0.0800. The van der Waals surface area contributed by atoms with Crippen LogP contribution in [0.25, 0.3) is 0 Å². The molecule has 1 heteroatoms. The van der Waals surface area contributed by atoms with Gasteiger partial charge in [0.2, 0.25) is 0 Å². The molecule has 0 rings (SSSR count). The highest BCUT2D eigenvalue weighted by Gasteiger charge is 1.45. The highest BCUT2D eigenvalue weighted by atomic mass is 31.1. The van der Waals surface area contributed by atoms with Gasteiger partial charge in [0.1, 0.15) is 0 Å². The molecule has 0 spiro atoms. The van der Waals surface area contributed by atoms with Crippen molar-refractivity contribution in [2.75, 3.05) is 13.3 Å². The summed E-state index contributed by atoms with van der Waals surface area (Å²) in [5, 5.41) is 0. The van der Waals surface area contributed by atoms with Crippen molar-refractivity contribution in [2.24, 2.45) is 0 Å². The standard InChI is InChI=1S/C3H7P/c1-4(2)3/h1H,2-3H3. The van der Waals surface area contributed by atoms with Gasteiger partial charge in [0.05, 0.1) is 0 Å². The number of hydrogen-bond donors (Lipinski definition) is 0. The summed E-state index contributed by atoms with van der Waals surface area (Å²) in [6, 6.07) is 0. The molecule has 4 heavy (non-hydrogen) atoms. The maximum absolute atomic E-state index is 5.18. The Morgan fingerprint density at radius 1 is 1.50 bits per heavy atom. The largest absolute Gasteiger partial charge is 0.148 e. The van der Waals surface area contributed by atoms with Crippen LogP contribution in [0, 0.1) is 6.13 Å². The molecule has 0 saturated heterocycles. The zero-order valence-electron chi connectivity index (χ0n) is 3.02. The smallest absolute Gasteiger partial charge is 0.0234 e. The lowest BCUT2D eigenvalue weighted by Gasteiger charge is -1.61. The fraction of sp³-hybridized carbons (Fsp3) is 0.667. The molecule has 24 valence electrons. The molecule has 0 saturated carbocycles. The van der Waals surface area contributed by atoms with Crippen molar-refractivity contribution < 1.29 is 0 Å². The lowest BCUT2D eigenvalue weighted by atomic mass is 11.9. The molecular formula is C3H7P. The maximum Gasteiger partial charge on any atom is -0.0234 e. The summed E-state index contributed by atoms with van der Waals surface area (Å²) >= 11 is 0. The van der Waals surface area contributed by atoms with Crippen molar-refractivity contribution in [1.29, 1.82) is 0 Å². The van der Waals surface area contributed by atoms with Gasteiger partial charge in [-0.25, -0.2) is 0 Å². The molecule has 0 nitrogen and oxygen atoms in total. The van der Waals surface area contributed by atoms with Gasteiger partial charge in [-0.15, -0.1) is 13.5 Å². The Balaban J connectivity index is 3.02. The third-order valence-corrected chi connectivity index (χ3v) is 0. The molecule has 0 heterocycles. The predicted octanol–water partition coefficient (Wildman–Crippen LogP) is 1.32. The van der Waals surface area contributed by atoms with Gasteiger partial charge in [-0.1, -0.05) is 0 Å². The summed E-state index contributed by atoms with van der Waals surface area (Å²) in [5.74, 6) is 0. The van der Waals surface area contributed by atoms with Crippen LogP contribution in [0.15, 0.2) is 0 Å². The molecule has 0 aliphatic rings. The molecule has 0 aromatic heterocycles. The van der Waals surface area contributed by atoms with E-state index in [0.717, 1.165) is 0 Å². The lowest BCUT2D eigenvalue weighted by molar-refractivity contribution is 2.30. The van der Waals surface area contributed by atoms with Crippen LogP contribution in [0.2, 0.25) is 0 Å². The van der Waals surface area contributed by atoms with E-state index in [2.05, 4.69) is 0 Å². The van der Waals surface area contributed by atoms with Crippen LogP contribution in [0.4, 0.5) is 0 Å². The third kappa shape index (κ3) is 379. The van der Waals surface area contributed by atoms with Gasteiger partial charge in [0.15, 0.2) is 0 Å². The maximum atomic E-state index is 5.18. The summed E-state index contributed by atoms with van der Waals surface area (Å²) in [5.41, 5.74) is 0. The van der Waals surface area contributed by atoms with Gasteiger partial charge in [0, 0.05) is 0 Å². The second-order valence-corrected chi connectivity index (χ2v) is 2.89. The number of rotatable bonds is 0. The van der Waals surface area contributed by atoms with E-state index < -0.39 is 0 Å². The quantitative estimate of drug-likeness (QED) is 0.380. The number of hydrogen-bond acceptors (Lipinski definition) is 0. The zero-order chi connectivity index (χ0) is 3.58. The van der Waals surface area contributed by atoms with Crippen molar-refractivity contribution in [3.05, 3.63) is 0 Å². The first-order valence-corrected chi connectivity index (χ1v) is 3.46. The molecule has 0 aromatic rings. The van der Waals surface area contributed by atoms with Gasteiger partial charge in [-0.2, -0.15) is 0 Å². The Kier molecular flexibility index (Phi) is 1.43.